The predicted octanol–water partition coefficient (Wildman–Crippen LogP) is 4.71. The standard InChI is InChI=1S/C18H17N/c1-12-3-5-14(6-4-12)15-7-8-18-13(2)9-17(19)11-16(18)10-15/h3-11H,19H2,1-2H3. The van der Waals surface area contributed by atoms with E-state index in [4.69, 9.17) is 5.73 Å². The van der Waals surface area contributed by atoms with E-state index in [0.29, 0.717) is 0 Å². The summed E-state index contributed by atoms with van der Waals surface area (Å²) in [7, 11) is 0. The summed E-state index contributed by atoms with van der Waals surface area (Å²) in [6.45, 7) is 4.21. The first-order valence-corrected chi connectivity index (χ1v) is 6.50. The highest BCUT2D eigenvalue weighted by Crippen LogP contribution is 2.28. The number of hydrogen-bond donors (Lipinski definition) is 1. The van der Waals surface area contributed by atoms with E-state index in [1.165, 1.54) is 33.0 Å². The van der Waals surface area contributed by atoms with E-state index >= 15 is 0 Å². The highest BCUT2D eigenvalue weighted by molar-refractivity contribution is 5.92. The van der Waals surface area contributed by atoms with Crippen molar-refractivity contribution in [2.45, 2.75) is 13.8 Å². The van der Waals surface area contributed by atoms with Gasteiger partial charge in [0.1, 0.15) is 0 Å². The third-order valence-electron chi connectivity index (χ3n) is 3.57. The van der Waals surface area contributed by atoms with E-state index in [2.05, 4.69) is 56.3 Å². The molecule has 0 saturated carbocycles. The Bertz CT molecular complexity index is 739. The van der Waals surface area contributed by atoms with Crippen LogP contribution < -0.4 is 5.73 Å². The third kappa shape index (κ3) is 2.19. The SMILES string of the molecule is Cc1ccc(-c2ccc3c(C)cc(N)cc3c2)cc1. The molecule has 3 aromatic rings. The molecule has 0 unspecified atom stereocenters. The number of fused-ring (bicyclic) bond motifs is 1. The zero-order valence-corrected chi connectivity index (χ0v) is 11.3. The molecule has 0 aliphatic rings. The number of benzene rings is 3. The highest BCUT2D eigenvalue weighted by Gasteiger charge is 2.02. The van der Waals surface area contributed by atoms with Gasteiger partial charge in [-0.3, -0.25) is 0 Å². The first-order valence-electron chi connectivity index (χ1n) is 6.50. The van der Waals surface area contributed by atoms with E-state index in [1.54, 1.807) is 0 Å². The van der Waals surface area contributed by atoms with Gasteiger partial charge in [0.2, 0.25) is 0 Å². The number of nitrogens with two attached hydrogens (primary N) is 1. The summed E-state index contributed by atoms with van der Waals surface area (Å²) >= 11 is 0. The van der Waals surface area contributed by atoms with E-state index in [1.807, 2.05) is 12.1 Å². The van der Waals surface area contributed by atoms with Crippen LogP contribution in [0.1, 0.15) is 11.1 Å². The second kappa shape index (κ2) is 4.43. The molecular weight excluding hydrogens is 230 g/mol. The van der Waals surface area contributed by atoms with Gasteiger partial charge in [0.15, 0.2) is 0 Å². The summed E-state index contributed by atoms with van der Waals surface area (Å²) in [6, 6.07) is 19.2. The predicted molar refractivity (Wildman–Crippen MR) is 83.3 cm³/mol. The maximum absolute atomic E-state index is 5.93. The molecule has 3 aromatic carbocycles. The molecule has 1 nitrogen and oxygen atoms in total. The topological polar surface area (TPSA) is 26.0 Å². The van der Waals surface area contributed by atoms with Gasteiger partial charge in [-0.25, -0.2) is 0 Å². The van der Waals surface area contributed by atoms with Crippen LogP contribution in [0.3, 0.4) is 0 Å². The Kier molecular flexibility index (Phi) is 2.75. The van der Waals surface area contributed by atoms with Gasteiger partial charge in [0.05, 0.1) is 0 Å². The fourth-order valence-corrected chi connectivity index (χ4v) is 2.52. The summed E-state index contributed by atoms with van der Waals surface area (Å²) < 4.78 is 0. The molecule has 0 aromatic heterocycles. The van der Waals surface area contributed by atoms with Crippen LogP contribution in [0.5, 0.6) is 0 Å². The van der Waals surface area contributed by atoms with Crippen LogP contribution in [0.25, 0.3) is 21.9 Å². The van der Waals surface area contributed by atoms with E-state index in [-0.39, 0.29) is 0 Å². The Labute approximate surface area is 113 Å². The fraction of sp³-hybridized carbons (Fsp3) is 0.111. The maximum atomic E-state index is 5.93. The fourth-order valence-electron chi connectivity index (χ4n) is 2.52. The second-order valence-corrected chi connectivity index (χ2v) is 5.14. The van der Waals surface area contributed by atoms with Crippen LogP contribution in [0.15, 0.2) is 54.6 Å². The molecule has 0 aliphatic carbocycles. The van der Waals surface area contributed by atoms with Gasteiger partial charge in [-0.05, 0) is 59.5 Å². The van der Waals surface area contributed by atoms with Crippen LogP contribution in [-0.4, -0.2) is 0 Å². The quantitative estimate of drug-likeness (QED) is 0.619. The molecule has 0 spiro atoms. The minimum Gasteiger partial charge on any atom is -0.399 e. The van der Waals surface area contributed by atoms with Gasteiger partial charge in [-0.15, -0.1) is 0 Å². The molecule has 0 atom stereocenters. The van der Waals surface area contributed by atoms with Crippen LogP contribution >= 0.6 is 0 Å². The Hall–Kier alpha value is -2.28. The lowest BCUT2D eigenvalue weighted by Crippen LogP contribution is -1.88. The molecule has 0 heterocycles. The summed E-state index contributed by atoms with van der Waals surface area (Å²) in [5.41, 5.74) is 11.7. The normalized spacial score (nSPS) is 10.8. The summed E-state index contributed by atoms with van der Waals surface area (Å²) in [5, 5.41) is 2.47. The van der Waals surface area contributed by atoms with Crippen molar-refractivity contribution in [1.82, 2.24) is 0 Å². The molecule has 0 radical (unpaired) electrons. The average Bonchev–Trinajstić information content (AvgIpc) is 2.38. The van der Waals surface area contributed by atoms with Crippen molar-refractivity contribution in [2.75, 3.05) is 5.73 Å². The maximum Gasteiger partial charge on any atom is 0.0323 e. The van der Waals surface area contributed by atoms with E-state index in [0.717, 1.165) is 5.69 Å². The molecule has 0 bridgehead atoms. The third-order valence-corrected chi connectivity index (χ3v) is 3.57. The minimum absolute atomic E-state index is 0.825. The van der Waals surface area contributed by atoms with Crippen molar-refractivity contribution in [2.24, 2.45) is 0 Å². The monoisotopic (exact) mass is 247 g/mol. The lowest BCUT2D eigenvalue weighted by molar-refractivity contribution is 1.47. The highest BCUT2D eigenvalue weighted by atomic mass is 14.5. The summed E-state index contributed by atoms with van der Waals surface area (Å²) in [5.74, 6) is 0. The van der Waals surface area contributed by atoms with Gasteiger partial charge in [0.25, 0.3) is 0 Å². The molecule has 3 rings (SSSR count). The largest absolute Gasteiger partial charge is 0.399 e. The Morgan fingerprint density at radius 2 is 1.42 bits per heavy atom. The van der Waals surface area contributed by atoms with E-state index in [9.17, 15) is 0 Å². The molecule has 0 fully saturated rings. The zero-order valence-electron chi connectivity index (χ0n) is 11.3. The number of anilines is 1. The summed E-state index contributed by atoms with van der Waals surface area (Å²) in [6.07, 6.45) is 0. The van der Waals surface area contributed by atoms with Gasteiger partial charge in [0, 0.05) is 5.69 Å². The molecule has 0 amide bonds. The van der Waals surface area contributed by atoms with Crippen LogP contribution in [-0.2, 0) is 0 Å². The van der Waals surface area contributed by atoms with Gasteiger partial charge < -0.3 is 5.73 Å². The number of hydrogen-bond acceptors (Lipinski definition) is 1. The first kappa shape index (κ1) is 11.8. The van der Waals surface area contributed by atoms with Crippen molar-refractivity contribution in [1.29, 1.82) is 0 Å². The van der Waals surface area contributed by atoms with Crippen LogP contribution in [0, 0.1) is 13.8 Å². The lowest BCUT2D eigenvalue weighted by atomic mass is 9.98. The molecule has 0 saturated heterocycles. The molecular formula is C18H17N. The second-order valence-electron chi connectivity index (χ2n) is 5.14. The number of rotatable bonds is 1. The Balaban J connectivity index is 2.18. The lowest BCUT2D eigenvalue weighted by Gasteiger charge is -2.08. The molecule has 2 N–H and O–H groups in total. The minimum atomic E-state index is 0.825. The Morgan fingerprint density at radius 3 is 2.16 bits per heavy atom. The van der Waals surface area contributed by atoms with Gasteiger partial charge >= 0.3 is 0 Å². The van der Waals surface area contributed by atoms with Crippen LogP contribution in [0.4, 0.5) is 5.69 Å². The number of aryl methyl sites for hydroxylation is 2. The van der Waals surface area contributed by atoms with Crippen molar-refractivity contribution < 1.29 is 0 Å². The molecule has 0 aliphatic heterocycles. The molecule has 94 valence electrons. The number of nitrogen functional groups attached to an aromatic ring is 1. The molecule has 19 heavy (non-hydrogen) atoms. The molecule has 1 heteroatoms. The van der Waals surface area contributed by atoms with Gasteiger partial charge in [-0.2, -0.15) is 0 Å². The van der Waals surface area contributed by atoms with Crippen molar-refractivity contribution >= 4 is 16.5 Å². The van der Waals surface area contributed by atoms with E-state index < -0.39 is 0 Å². The van der Waals surface area contributed by atoms with Crippen LogP contribution in [0.2, 0.25) is 0 Å². The van der Waals surface area contributed by atoms with Gasteiger partial charge in [-0.1, -0.05) is 42.0 Å². The van der Waals surface area contributed by atoms with Crippen molar-refractivity contribution in [3.63, 3.8) is 0 Å². The summed E-state index contributed by atoms with van der Waals surface area (Å²) in [4.78, 5) is 0. The Morgan fingerprint density at radius 1 is 0.737 bits per heavy atom. The smallest absolute Gasteiger partial charge is 0.0323 e. The van der Waals surface area contributed by atoms with Crippen molar-refractivity contribution in [3.8, 4) is 11.1 Å². The zero-order chi connectivity index (χ0) is 13.4. The van der Waals surface area contributed by atoms with Crippen molar-refractivity contribution in [3.05, 3.63) is 65.7 Å². The first-order chi connectivity index (χ1) is 9.13. The average molecular weight is 247 g/mol.